The molecule has 0 saturated heterocycles. The molecule has 1 unspecified atom stereocenters. The molecule has 3 aromatic heterocycles. The first-order chi connectivity index (χ1) is 31.7. The van der Waals surface area contributed by atoms with E-state index in [2.05, 4.69) is 203 Å². The summed E-state index contributed by atoms with van der Waals surface area (Å²) in [6.45, 7) is 19.2. The predicted molar refractivity (Wildman–Crippen MR) is 277 cm³/mol. The van der Waals surface area contributed by atoms with Crippen molar-refractivity contribution >= 4 is 106 Å². The van der Waals surface area contributed by atoms with Crippen LogP contribution in [0.3, 0.4) is 0 Å². The lowest BCUT2D eigenvalue weighted by molar-refractivity contribution is 0.195. The van der Waals surface area contributed by atoms with E-state index in [1.807, 2.05) is 0 Å². The maximum absolute atomic E-state index is 6.99. The Morgan fingerprint density at radius 3 is 2.05 bits per heavy atom. The third-order valence-electron chi connectivity index (χ3n) is 16.8. The van der Waals surface area contributed by atoms with Crippen LogP contribution in [-0.2, 0) is 16.2 Å². The Morgan fingerprint density at radius 2 is 1.24 bits per heavy atom. The number of hydrogen-bond donors (Lipinski definition) is 0. The van der Waals surface area contributed by atoms with Crippen molar-refractivity contribution in [1.82, 2.24) is 4.57 Å². The van der Waals surface area contributed by atoms with E-state index in [0.29, 0.717) is 0 Å². The monoisotopic (exact) mass is 859 g/mol. The molecule has 4 aliphatic rings. The highest BCUT2D eigenvalue weighted by molar-refractivity contribution is 7.00. The van der Waals surface area contributed by atoms with Crippen LogP contribution in [0, 0.1) is 0 Å². The van der Waals surface area contributed by atoms with E-state index < -0.39 is 0 Å². The quantitative estimate of drug-likeness (QED) is 0.162. The number of furan rings is 2. The van der Waals surface area contributed by atoms with Crippen molar-refractivity contribution < 1.29 is 8.83 Å². The summed E-state index contributed by atoms with van der Waals surface area (Å²) in [5, 5.41) is 5.83. The van der Waals surface area contributed by atoms with Crippen LogP contribution in [0.25, 0.3) is 60.6 Å². The second-order valence-corrected chi connectivity index (χ2v) is 22.4. The summed E-state index contributed by atoms with van der Waals surface area (Å²) in [5.74, 6) is 0. The van der Waals surface area contributed by atoms with Gasteiger partial charge in [-0.3, -0.25) is 4.57 Å². The number of anilines is 5. The third kappa shape index (κ3) is 4.77. The normalized spacial score (nSPS) is 19.9. The van der Waals surface area contributed by atoms with Crippen LogP contribution >= 0.6 is 0 Å². The van der Waals surface area contributed by atoms with Crippen LogP contribution in [0.1, 0.15) is 97.8 Å². The molecule has 0 N–H and O–H groups in total. The lowest BCUT2D eigenvalue weighted by Crippen LogP contribution is -2.60. The van der Waals surface area contributed by atoms with Gasteiger partial charge in [0.25, 0.3) is 6.71 Å². The van der Waals surface area contributed by atoms with Gasteiger partial charge in [-0.2, -0.15) is 0 Å². The highest BCUT2D eigenvalue weighted by Crippen LogP contribution is 2.62. The van der Waals surface area contributed by atoms with E-state index >= 15 is 0 Å². The lowest BCUT2D eigenvalue weighted by atomic mass is 9.33. The molecule has 3 aliphatic heterocycles. The molecule has 0 spiro atoms. The molecule has 7 aromatic carbocycles. The van der Waals surface area contributed by atoms with E-state index in [0.717, 1.165) is 50.7 Å². The Balaban J connectivity index is 1.11. The Morgan fingerprint density at radius 1 is 0.545 bits per heavy atom. The molecule has 324 valence electrons. The molecule has 0 amide bonds. The fraction of sp³-hybridized carbons (Fsp3) is 0.267. The number of nitrogens with zero attached hydrogens (tertiary/aromatic N) is 3. The predicted octanol–water partition coefficient (Wildman–Crippen LogP) is 14.4. The van der Waals surface area contributed by atoms with Gasteiger partial charge in [-0.25, -0.2) is 0 Å². The zero-order valence-corrected chi connectivity index (χ0v) is 39.3. The summed E-state index contributed by atoms with van der Waals surface area (Å²) >= 11 is 0. The zero-order chi connectivity index (χ0) is 44.8. The topological polar surface area (TPSA) is 37.7 Å². The summed E-state index contributed by atoms with van der Waals surface area (Å²) < 4.78 is 16.4. The molecule has 66 heavy (non-hydrogen) atoms. The average molecular weight is 860 g/mol. The van der Waals surface area contributed by atoms with Gasteiger partial charge in [0.1, 0.15) is 11.2 Å². The molecule has 5 nitrogen and oxygen atoms in total. The van der Waals surface area contributed by atoms with Gasteiger partial charge in [-0.05, 0) is 112 Å². The second-order valence-electron chi connectivity index (χ2n) is 22.4. The minimum absolute atomic E-state index is 0.00588. The first kappa shape index (κ1) is 38.6. The van der Waals surface area contributed by atoms with Crippen LogP contribution < -0.4 is 26.2 Å². The maximum atomic E-state index is 6.99. The number of hydrogen-bond acceptors (Lipinski definition) is 4. The molecule has 1 aliphatic carbocycles. The summed E-state index contributed by atoms with van der Waals surface area (Å²) in [5.41, 5.74) is 20.0. The number of benzene rings is 7. The van der Waals surface area contributed by atoms with Crippen molar-refractivity contribution in [1.29, 1.82) is 0 Å². The Bertz CT molecular complexity index is 3760. The molecule has 6 heteroatoms. The number of fused-ring (bicyclic) bond motifs is 15. The van der Waals surface area contributed by atoms with Crippen molar-refractivity contribution in [3.63, 3.8) is 0 Å². The summed E-state index contributed by atoms with van der Waals surface area (Å²) in [6, 6.07) is 50.5. The highest BCUT2D eigenvalue weighted by Gasteiger charge is 2.58. The smallest absolute Gasteiger partial charge is 0.252 e. The Labute approximate surface area is 386 Å². The van der Waals surface area contributed by atoms with Crippen LogP contribution in [0.5, 0.6) is 0 Å². The number of aromatic nitrogens is 1. The van der Waals surface area contributed by atoms with Gasteiger partial charge in [0.05, 0.1) is 22.1 Å². The Kier molecular flexibility index (Phi) is 7.38. The molecule has 0 bridgehead atoms. The first-order valence-corrected chi connectivity index (χ1v) is 24.2. The molecule has 14 rings (SSSR count). The van der Waals surface area contributed by atoms with Gasteiger partial charge in [-0.1, -0.05) is 146 Å². The van der Waals surface area contributed by atoms with Crippen molar-refractivity contribution in [2.45, 2.75) is 103 Å². The van der Waals surface area contributed by atoms with Gasteiger partial charge in [0.15, 0.2) is 5.58 Å². The lowest BCUT2D eigenvalue weighted by Gasteiger charge is -2.50. The SMILES string of the molecule is CC(C)(C)c1cc2c3c(c1)-n1c4oc5ccccc5c4c4cccc(c41)B3c1ccc(N3c4ccc(C(C)(C)C)cc4[C@]4(C)CCCCC34C)cc1N2c1cccc2c1oc1ccccc12. The second kappa shape index (κ2) is 12.6. The molecule has 1 saturated carbocycles. The van der Waals surface area contributed by atoms with Crippen molar-refractivity contribution in [2.24, 2.45) is 0 Å². The van der Waals surface area contributed by atoms with Crippen LogP contribution in [0.4, 0.5) is 28.4 Å². The summed E-state index contributed by atoms with van der Waals surface area (Å²) in [7, 11) is 0. The van der Waals surface area contributed by atoms with Gasteiger partial charge in [0.2, 0.25) is 5.71 Å². The number of rotatable bonds is 2. The molecular formula is C60H54BN3O2. The maximum Gasteiger partial charge on any atom is 0.252 e. The van der Waals surface area contributed by atoms with Crippen molar-refractivity contribution in [3.05, 3.63) is 150 Å². The molecule has 0 radical (unpaired) electrons. The van der Waals surface area contributed by atoms with E-state index in [1.54, 1.807) is 0 Å². The van der Waals surface area contributed by atoms with E-state index in [4.69, 9.17) is 8.83 Å². The molecule has 2 atom stereocenters. The third-order valence-corrected chi connectivity index (χ3v) is 16.8. The van der Waals surface area contributed by atoms with Crippen molar-refractivity contribution in [2.75, 3.05) is 9.80 Å². The summed E-state index contributed by atoms with van der Waals surface area (Å²) in [6.07, 6.45) is 4.80. The average Bonchev–Trinajstić information content (AvgIpc) is 4.02. The zero-order valence-electron chi connectivity index (χ0n) is 39.3. The minimum atomic E-state index is -0.151. The van der Waals surface area contributed by atoms with Crippen LogP contribution in [0.15, 0.2) is 142 Å². The first-order valence-electron chi connectivity index (χ1n) is 24.2. The molecule has 6 heterocycles. The fourth-order valence-corrected chi connectivity index (χ4v) is 13.2. The van der Waals surface area contributed by atoms with Gasteiger partial charge in [0, 0.05) is 55.4 Å². The molecule has 10 aromatic rings. The van der Waals surface area contributed by atoms with E-state index in [9.17, 15) is 0 Å². The standard InChI is InChI=1S/C60H54BN3O2/c1-57(2,3)35-25-28-45-42(31-35)59(7)29-13-14-30-60(59,8)64(45)37-26-27-43-47(34-37)62(46-22-16-19-39-38-17-9-11-23-50(38)65-55(39)46)48-32-36(58(4,5)6)33-49-53(48)61(43)44-21-15-20-41-52-40-18-10-12-24-51(40)66-56(52)63(49)54(41)44/h9-12,15-28,31-34H,13-14,29-30H2,1-8H3/t59-,60?/m0/s1. The van der Waals surface area contributed by atoms with Crippen LogP contribution in [-0.4, -0.2) is 16.8 Å². The van der Waals surface area contributed by atoms with E-state index in [-0.39, 0.29) is 28.5 Å². The summed E-state index contributed by atoms with van der Waals surface area (Å²) in [4.78, 5) is 5.33. The number of para-hydroxylation sites is 4. The highest BCUT2D eigenvalue weighted by atomic mass is 16.3. The van der Waals surface area contributed by atoms with Crippen molar-refractivity contribution in [3.8, 4) is 5.69 Å². The Hall–Kier alpha value is -6.66. The van der Waals surface area contributed by atoms with Gasteiger partial charge >= 0.3 is 0 Å². The minimum Gasteiger partial charge on any atom is -0.454 e. The largest absolute Gasteiger partial charge is 0.454 e. The van der Waals surface area contributed by atoms with Gasteiger partial charge in [-0.15, -0.1) is 0 Å². The molecular weight excluding hydrogens is 805 g/mol. The van der Waals surface area contributed by atoms with Crippen LogP contribution in [0.2, 0.25) is 0 Å². The molecule has 1 fully saturated rings. The van der Waals surface area contributed by atoms with Gasteiger partial charge < -0.3 is 18.6 Å². The fourth-order valence-electron chi connectivity index (χ4n) is 13.2. The van der Waals surface area contributed by atoms with E-state index in [1.165, 1.54) is 97.1 Å².